The first-order chi connectivity index (χ1) is 10.9. The molecule has 22 heavy (non-hydrogen) atoms. The molecule has 112 valence electrons. The molecule has 0 radical (unpaired) electrons. The van der Waals surface area contributed by atoms with Crippen molar-refractivity contribution in [3.63, 3.8) is 0 Å². The van der Waals surface area contributed by atoms with Crippen molar-refractivity contribution < 1.29 is 0 Å². The average Bonchev–Trinajstić information content (AvgIpc) is 2.59. The molecule has 0 atom stereocenters. The Morgan fingerprint density at radius 2 is 1.41 bits per heavy atom. The molecule has 0 aliphatic carbocycles. The normalized spacial score (nSPS) is 11.0. The number of rotatable bonds is 6. The summed E-state index contributed by atoms with van der Waals surface area (Å²) in [6.07, 6.45) is 6.00. The van der Waals surface area contributed by atoms with E-state index in [1.54, 1.807) is 0 Å². The Kier molecular flexibility index (Phi) is 4.79. The molecule has 0 spiro atoms. The molecule has 0 unspecified atom stereocenters. The van der Waals surface area contributed by atoms with Gasteiger partial charge in [-0.15, -0.1) is 0 Å². The number of benzene rings is 2. The van der Waals surface area contributed by atoms with Crippen molar-refractivity contribution in [2.24, 2.45) is 0 Å². The van der Waals surface area contributed by atoms with Crippen molar-refractivity contribution in [3.05, 3.63) is 60.3 Å². The number of fused-ring (bicyclic) bond motifs is 1. The molecule has 2 heteroatoms. The van der Waals surface area contributed by atoms with Crippen LogP contribution < -0.4 is 0 Å². The first-order valence-corrected chi connectivity index (χ1v) is 8.19. The molecule has 0 aliphatic heterocycles. The van der Waals surface area contributed by atoms with E-state index in [-0.39, 0.29) is 0 Å². The maximum atomic E-state index is 4.89. The highest BCUT2D eigenvalue weighted by atomic mass is 14.8. The Morgan fingerprint density at radius 3 is 2.14 bits per heavy atom. The molecule has 2 aromatic carbocycles. The standard InChI is InChI=1S/C20H22N2/c1-2-3-4-8-15-19-20(16-11-6-5-7-12-16)22-18-14-10-9-13-17(18)21-19/h5-7,9-14H,2-4,8,15H2,1H3. The summed E-state index contributed by atoms with van der Waals surface area (Å²) in [5.41, 5.74) is 5.29. The Balaban J connectivity index is 1.99. The van der Waals surface area contributed by atoms with Gasteiger partial charge in [-0.3, -0.25) is 0 Å². The lowest BCUT2D eigenvalue weighted by Crippen LogP contribution is -1.99. The minimum absolute atomic E-state index is 0.971. The van der Waals surface area contributed by atoms with Crippen LogP contribution in [0.3, 0.4) is 0 Å². The highest BCUT2D eigenvalue weighted by molar-refractivity contribution is 5.78. The smallest absolute Gasteiger partial charge is 0.0925 e. The summed E-state index contributed by atoms with van der Waals surface area (Å²) in [7, 11) is 0. The van der Waals surface area contributed by atoms with Crippen LogP contribution in [-0.4, -0.2) is 9.97 Å². The Hall–Kier alpha value is -2.22. The topological polar surface area (TPSA) is 25.8 Å². The van der Waals surface area contributed by atoms with Gasteiger partial charge in [-0.05, 0) is 25.0 Å². The number of nitrogens with zero attached hydrogens (tertiary/aromatic N) is 2. The van der Waals surface area contributed by atoms with Crippen LogP contribution in [0.25, 0.3) is 22.3 Å². The third kappa shape index (κ3) is 3.33. The summed E-state index contributed by atoms with van der Waals surface area (Å²) in [5.74, 6) is 0. The van der Waals surface area contributed by atoms with Gasteiger partial charge in [0.1, 0.15) is 0 Å². The lowest BCUT2D eigenvalue weighted by Gasteiger charge is -2.10. The minimum atomic E-state index is 0.971. The fourth-order valence-corrected chi connectivity index (χ4v) is 2.76. The molecule has 3 aromatic rings. The molecule has 0 saturated heterocycles. The maximum absolute atomic E-state index is 4.89. The molecular formula is C20H22N2. The van der Waals surface area contributed by atoms with E-state index in [1.807, 2.05) is 30.3 Å². The van der Waals surface area contributed by atoms with Crippen LogP contribution in [0.5, 0.6) is 0 Å². The second kappa shape index (κ2) is 7.17. The number of unbranched alkanes of at least 4 members (excludes halogenated alkanes) is 3. The number of hydrogen-bond acceptors (Lipinski definition) is 2. The zero-order valence-electron chi connectivity index (χ0n) is 13.1. The van der Waals surface area contributed by atoms with Crippen molar-refractivity contribution >= 4 is 11.0 Å². The molecule has 0 bridgehead atoms. The molecule has 0 amide bonds. The third-order valence-corrected chi connectivity index (χ3v) is 3.96. The summed E-state index contributed by atoms with van der Waals surface area (Å²) in [4.78, 5) is 9.77. The number of aromatic nitrogens is 2. The highest BCUT2D eigenvalue weighted by Crippen LogP contribution is 2.24. The Morgan fingerprint density at radius 1 is 0.727 bits per heavy atom. The minimum Gasteiger partial charge on any atom is -0.249 e. The SMILES string of the molecule is CCCCCCc1nc2ccccc2nc1-c1ccccc1. The molecule has 0 saturated carbocycles. The summed E-state index contributed by atoms with van der Waals surface area (Å²) in [6, 6.07) is 18.5. The van der Waals surface area contributed by atoms with Crippen LogP contribution in [0, 0.1) is 0 Å². The van der Waals surface area contributed by atoms with Gasteiger partial charge in [0.2, 0.25) is 0 Å². The van der Waals surface area contributed by atoms with Crippen LogP contribution in [0.4, 0.5) is 0 Å². The second-order valence-electron chi connectivity index (χ2n) is 5.68. The largest absolute Gasteiger partial charge is 0.249 e. The van der Waals surface area contributed by atoms with Crippen LogP contribution in [0.2, 0.25) is 0 Å². The van der Waals surface area contributed by atoms with Crippen molar-refractivity contribution in [3.8, 4) is 11.3 Å². The van der Waals surface area contributed by atoms with Gasteiger partial charge in [-0.1, -0.05) is 68.7 Å². The zero-order valence-corrected chi connectivity index (χ0v) is 13.1. The molecule has 1 aromatic heterocycles. The number of para-hydroxylation sites is 2. The maximum Gasteiger partial charge on any atom is 0.0925 e. The van der Waals surface area contributed by atoms with E-state index in [0.29, 0.717) is 0 Å². The van der Waals surface area contributed by atoms with Crippen molar-refractivity contribution in [1.82, 2.24) is 9.97 Å². The predicted octanol–water partition coefficient (Wildman–Crippen LogP) is 5.42. The molecule has 1 heterocycles. The molecule has 0 N–H and O–H groups in total. The summed E-state index contributed by atoms with van der Waals surface area (Å²) in [5, 5.41) is 0. The van der Waals surface area contributed by atoms with Gasteiger partial charge in [0.25, 0.3) is 0 Å². The van der Waals surface area contributed by atoms with Gasteiger partial charge in [0.05, 0.1) is 22.4 Å². The molecule has 3 rings (SSSR count). The second-order valence-corrected chi connectivity index (χ2v) is 5.68. The molecular weight excluding hydrogens is 268 g/mol. The fraction of sp³-hybridized carbons (Fsp3) is 0.300. The molecule has 0 aliphatic rings. The van der Waals surface area contributed by atoms with Crippen LogP contribution in [0.15, 0.2) is 54.6 Å². The summed E-state index contributed by atoms with van der Waals surface area (Å²) in [6.45, 7) is 2.24. The number of aryl methyl sites for hydroxylation is 1. The zero-order chi connectivity index (χ0) is 15.2. The van der Waals surface area contributed by atoms with Gasteiger partial charge in [-0.2, -0.15) is 0 Å². The van der Waals surface area contributed by atoms with Gasteiger partial charge in [-0.25, -0.2) is 9.97 Å². The van der Waals surface area contributed by atoms with Crippen LogP contribution >= 0.6 is 0 Å². The lowest BCUT2D eigenvalue weighted by atomic mass is 10.0. The highest BCUT2D eigenvalue weighted by Gasteiger charge is 2.10. The van der Waals surface area contributed by atoms with E-state index in [0.717, 1.165) is 34.4 Å². The van der Waals surface area contributed by atoms with Crippen molar-refractivity contribution in [1.29, 1.82) is 0 Å². The average molecular weight is 290 g/mol. The first-order valence-electron chi connectivity index (χ1n) is 8.19. The van der Waals surface area contributed by atoms with E-state index in [4.69, 9.17) is 9.97 Å². The van der Waals surface area contributed by atoms with Crippen molar-refractivity contribution in [2.75, 3.05) is 0 Å². The molecule has 0 fully saturated rings. The Bertz CT molecular complexity index is 735. The van der Waals surface area contributed by atoms with Crippen LogP contribution in [0.1, 0.15) is 38.3 Å². The van der Waals surface area contributed by atoms with E-state index in [9.17, 15) is 0 Å². The number of hydrogen-bond donors (Lipinski definition) is 0. The van der Waals surface area contributed by atoms with Gasteiger partial charge >= 0.3 is 0 Å². The summed E-state index contributed by atoms with van der Waals surface area (Å²) < 4.78 is 0. The monoisotopic (exact) mass is 290 g/mol. The van der Waals surface area contributed by atoms with Crippen LogP contribution in [-0.2, 0) is 6.42 Å². The van der Waals surface area contributed by atoms with E-state index in [2.05, 4.69) is 31.2 Å². The van der Waals surface area contributed by atoms with E-state index < -0.39 is 0 Å². The van der Waals surface area contributed by atoms with E-state index in [1.165, 1.54) is 25.7 Å². The Labute approximate surface area is 132 Å². The third-order valence-electron chi connectivity index (χ3n) is 3.96. The fourth-order valence-electron chi connectivity index (χ4n) is 2.76. The van der Waals surface area contributed by atoms with Crippen molar-refractivity contribution in [2.45, 2.75) is 39.0 Å². The van der Waals surface area contributed by atoms with Gasteiger partial charge < -0.3 is 0 Å². The van der Waals surface area contributed by atoms with E-state index >= 15 is 0 Å². The quantitative estimate of drug-likeness (QED) is 0.566. The first kappa shape index (κ1) is 14.7. The van der Waals surface area contributed by atoms with Gasteiger partial charge in [0.15, 0.2) is 0 Å². The molecule has 2 nitrogen and oxygen atoms in total. The lowest BCUT2D eigenvalue weighted by molar-refractivity contribution is 0.661. The summed E-state index contributed by atoms with van der Waals surface area (Å²) >= 11 is 0. The predicted molar refractivity (Wildman–Crippen MR) is 92.8 cm³/mol. The van der Waals surface area contributed by atoms with Gasteiger partial charge in [0, 0.05) is 5.56 Å².